The number of hydrogen-bond acceptors (Lipinski definition) is 4. The third-order valence-corrected chi connectivity index (χ3v) is 15.1. The third-order valence-electron chi connectivity index (χ3n) is 12.7. The minimum atomic E-state index is 1.06. The molecule has 296 valence electrons. The summed E-state index contributed by atoms with van der Waals surface area (Å²) in [5.41, 5.74) is 16.3. The molecule has 3 heterocycles. The van der Waals surface area contributed by atoms with Crippen LogP contribution in [0.2, 0.25) is 0 Å². The summed E-state index contributed by atoms with van der Waals surface area (Å²) in [5, 5.41) is 3.82. The fraction of sp³-hybridized carbons (Fsp3) is 0. The van der Waals surface area contributed by atoms with Gasteiger partial charge < -0.3 is 4.90 Å². The lowest BCUT2D eigenvalue weighted by molar-refractivity contribution is 1.03. The van der Waals surface area contributed by atoms with Crippen LogP contribution >= 0.6 is 23.1 Å². The molecule has 0 radical (unpaired) electrons. The van der Waals surface area contributed by atoms with Crippen molar-refractivity contribution in [3.8, 4) is 27.9 Å². The lowest BCUT2D eigenvalue weighted by atomic mass is 10.00. The summed E-state index contributed by atoms with van der Waals surface area (Å²) in [5.74, 6) is 1.16. The van der Waals surface area contributed by atoms with Crippen molar-refractivity contribution in [1.82, 2.24) is 4.57 Å². The van der Waals surface area contributed by atoms with E-state index < -0.39 is 0 Å². The van der Waals surface area contributed by atoms with Gasteiger partial charge in [0, 0.05) is 48.4 Å². The fourth-order valence-electron chi connectivity index (χ4n) is 9.86. The van der Waals surface area contributed by atoms with E-state index >= 15 is 0 Å². The number of benzene rings is 9. The Labute approximate surface area is 374 Å². The summed E-state index contributed by atoms with van der Waals surface area (Å²) >= 11 is 3.72. The third kappa shape index (κ3) is 5.53. The van der Waals surface area contributed by atoms with Crippen LogP contribution in [0.15, 0.2) is 229 Å². The Kier molecular flexibility index (Phi) is 8.17. The summed E-state index contributed by atoms with van der Waals surface area (Å²) in [4.78, 5) is 7.40. The van der Waals surface area contributed by atoms with Crippen molar-refractivity contribution in [2.24, 2.45) is 0 Å². The van der Waals surface area contributed by atoms with Crippen LogP contribution in [0.3, 0.4) is 0 Å². The lowest BCUT2D eigenvalue weighted by Crippen LogP contribution is -2.17. The van der Waals surface area contributed by atoms with E-state index in [0.717, 1.165) is 51.0 Å². The Hall–Kier alpha value is -7.57. The molecule has 0 bridgehead atoms. The second kappa shape index (κ2) is 14.2. The van der Waals surface area contributed by atoms with Gasteiger partial charge in [0.25, 0.3) is 0 Å². The molecule has 0 saturated heterocycles. The van der Waals surface area contributed by atoms with E-state index in [9.17, 15) is 0 Å². The van der Waals surface area contributed by atoms with Crippen molar-refractivity contribution >= 4 is 94.0 Å². The molecule has 0 spiro atoms. The van der Waals surface area contributed by atoms with Crippen LogP contribution in [0, 0.1) is 0 Å². The summed E-state index contributed by atoms with van der Waals surface area (Å²) < 4.78 is 4.98. The number of anilines is 6. The SMILES string of the molecule is C=C1c2ccccc2-c2cccc(N(c3ccc(-c4ccc(N5c6ccccc6Sc6c5n(-c5ccccc5)c5ccccc65)cc4)cc3)c3cccc4c3sc3ccccc34)c21. The normalized spacial score (nSPS) is 12.7. The molecule has 0 amide bonds. The zero-order valence-corrected chi connectivity index (χ0v) is 35.7. The van der Waals surface area contributed by atoms with E-state index in [2.05, 4.69) is 233 Å². The molecule has 9 aromatic carbocycles. The van der Waals surface area contributed by atoms with Gasteiger partial charge in [-0.2, -0.15) is 0 Å². The fourth-order valence-corrected chi connectivity index (χ4v) is 12.3. The van der Waals surface area contributed by atoms with E-state index in [1.807, 2.05) is 23.1 Å². The molecule has 13 rings (SSSR count). The van der Waals surface area contributed by atoms with Gasteiger partial charge in [-0.3, -0.25) is 9.47 Å². The smallest absolute Gasteiger partial charge is 0.137 e. The molecule has 0 atom stereocenters. The summed E-state index contributed by atoms with van der Waals surface area (Å²) in [6.45, 7) is 4.69. The summed E-state index contributed by atoms with van der Waals surface area (Å²) in [6.07, 6.45) is 0. The molecule has 11 aromatic rings. The molecule has 2 aromatic heterocycles. The van der Waals surface area contributed by atoms with Gasteiger partial charge in [0.1, 0.15) is 5.82 Å². The minimum absolute atomic E-state index is 1.06. The highest BCUT2D eigenvalue weighted by molar-refractivity contribution is 8.00. The molecular weight excluding hydrogens is 803 g/mol. The van der Waals surface area contributed by atoms with Gasteiger partial charge in [-0.05, 0) is 106 Å². The van der Waals surface area contributed by atoms with Gasteiger partial charge in [0.2, 0.25) is 0 Å². The average Bonchev–Trinajstić information content (AvgIpc) is 3.99. The van der Waals surface area contributed by atoms with Gasteiger partial charge in [-0.25, -0.2) is 0 Å². The predicted octanol–water partition coefficient (Wildman–Crippen LogP) is 17.1. The van der Waals surface area contributed by atoms with Gasteiger partial charge in [-0.15, -0.1) is 11.3 Å². The first-order valence-corrected chi connectivity index (χ1v) is 22.9. The number of aromatic nitrogens is 1. The number of hydrogen-bond donors (Lipinski definition) is 0. The molecule has 2 aliphatic rings. The van der Waals surface area contributed by atoms with Crippen molar-refractivity contribution in [3.63, 3.8) is 0 Å². The number of thiophene rings is 1. The van der Waals surface area contributed by atoms with E-state index in [0.29, 0.717) is 0 Å². The monoisotopic (exact) mass is 839 g/mol. The van der Waals surface area contributed by atoms with Crippen LogP contribution < -0.4 is 9.80 Å². The topological polar surface area (TPSA) is 11.4 Å². The Morgan fingerprint density at radius 2 is 1.10 bits per heavy atom. The molecule has 0 saturated carbocycles. The minimum Gasteiger partial charge on any atom is -0.308 e. The molecule has 0 N–H and O–H groups in total. The van der Waals surface area contributed by atoms with Crippen LogP contribution in [-0.4, -0.2) is 4.57 Å². The van der Waals surface area contributed by atoms with Crippen LogP contribution in [0.25, 0.3) is 64.6 Å². The Balaban J connectivity index is 0.926. The molecule has 5 heteroatoms. The highest BCUT2D eigenvalue weighted by atomic mass is 32.2. The number of fused-ring (bicyclic) bond motifs is 10. The van der Waals surface area contributed by atoms with E-state index in [-0.39, 0.29) is 0 Å². The zero-order valence-electron chi connectivity index (χ0n) is 34.1. The van der Waals surface area contributed by atoms with Gasteiger partial charge in [0.05, 0.1) is 32.2 Å². The van der Waals surface area contributed by atoms with Gasteiger partial charge in [-0.1, -0.05) is 158 Å². The van der Waals surface area contributed by atoms with Crippen molar-refractivity contribution in [2.75, 3.05) is 9.80 Å². The summed E-state index contributed by atoms with van der Waals surface area (Å²) in [7, 11) is 0. The van der Waals surface area contributed by atoms with E-state index in [1.54, 1.807) is 0 Å². The largest absolute Gasteiger partial charge is 0.308 e. The molecular formula is C58H37N3S2. The van der Waals surface area contributed by atoms with Crippen LogP contribution in [0.4, 0.5) is 34.3 Å². The molecule has 3 nitrogen and oxygen atoms in total. The number of para-hydroxylation sites is 3. The standard InChI is InChI=1S/C58H37N3S2/c1-37-43-17-5-6-18-44(43)46-21-13-25-51(55(37)46)59(52-26-14-22-47-45-19-8-11-27-53(45)62-56(47)52)41-33-29-38(30-34-41)39-31-35-42(36-32-39)61-50-24-10-12-28-54(50)63-57-48-20-7-9-23-49(48)60(58(57)61)40-15-3-2-4-16-40/h2-36H,1H2. The molecule has 0 fully saturated rings. The lowest BCUT2D eigenvalue weighted by Gasteiger charge is -2.33. The molecule has 1 aliphatic heterocycles. The quantitative estimate of drug-likeness (QED) is 0.165. The van der Waals surface area contributed by atoms with Crippen LogP contribution in [0.1, 0.15) is 11.1 Å². The second-order valence-corrected chi connectivity index (χ2v) is 18.3. The Morgan fingerprint density at radius 3 is 1.94 bits per heavy atom. The zero-order chi connectivity index (χ0) is 41.6. The van der Waals surface area contributed by atoms with Gasteiger partial charge >= 0.3 is 0 Å². The Bertz CT molecular complexity index is 3620. The second-order valence-electron chi connectivity index (χ2n) is 16.2. The van der Waals surface area contributed by atoms with Crippen molar-refractivity contribution < 1.29 is 0 Å². The Morgan fingerprint density at radius 1 is 0.460 bits per heavy atom. The van der Waals surface area contributed by atoms with E-state index in [1.165, 1.54) is 68.8 Å². The van der Waals surface area contributed by atoms with Crippen molar-refractivity contribution in [1.29, 1.82) is 0 Å². The molecule has 63 heavy (non-hydrogen) atoms. The van der Waals surface area contributed by atoms with Crippen LogP contribution in [0.5, 0.6) is 0 Å². The van der Waals surface area contributed by atoms with Crippen LogP contribution in [-0.2, 0) is 0 Å². The first kappa shape index (κ1) is 36.1. The predicted molar refractivity (Wildman–Crippen MR) is 269 cm³/mol. The summed E-state index contributed by atoms with van der Waals surface area (Å²) in [6, 6.07) is 77.3. The first-order chi connectivity index (χ1) is 31.2. The maximum Gasteiger partial charge on any atom is 0.137 e. The number of rotatable bonds is 6. The van der Waals surface area contributed by atoms with Gasteiger partial charge in [0.15, 0.2) is 0 Å². The highest BCUT2D eigenvalue weighted by Gasteiger charge is 2.32. The first-order valence-electron chi connectivity index (χ1n) is 21.3. The molecule has 1 aliphatic carbocycles. The maximum atomic E-state index is 4.69. The highest BCUT2D eigenvalue weighted by Crippen LogP contribution is 2.56. The van der Waals surface area contributed by atoms with E-state index in [4.69, 9.17) is 0 Å². The van der Waals surface area contributed by atoms with Crippen molar-refractivity contribution in [2.45, 2.75) is 9.79 Å². The maximum absolute atomic E-state index is 4.69. The van der Waals surface area contributed by atoms with Crippen molar-refractivity contribution in [3.05, 3.63) is 230 Å². The number of nitrogens with zero attached hydrogens (tertiary/aromatic N) is 3. The average molecular weight is 840 g/mol. The molecule has 0 unspecified atom stereocenters.